The topological polar surface area (TPSA) is 76.2 Å². The molecule has 7 nitrogen and oxygen atoms in total. The van der Waals surface area contributed by atoms with Crippen molar-refractivity contribution in [2.45, 2.75) is 25.8 Å². The molecule has 32 heavy (non-hydrogen) atoms. The number of rotatable bonds is 7. The molecule has 2 aromatic heterocycles. The van der Waals surface area contributed by atoms with Crippen LogP contribution in [0.5, 0.6) is 0 Å². The highest BCUT2D eigenvalue weighted by Gasteiger charge is 2.24. The summed E-state index contributed by atoms with van der Waals surface area (Å²) in [7, 11) is 0. The maximum atomic E-state index is 12.7. The number of likely N-dealkylation sites (tertiary alicyclic amines) is 1. The van der Waals surface area contributed by atoms with Gasteiger partial charge in [0.05, 0.1) is 0 Å². The van der Waals surface area contributed by atoms with Crippen LogP contribution in [0.2, 0.25) is 0 Å². The van der Waals surface area contributed by atoms with Crippen molar-refractivity contribution < 1.29 is 9.21 Å². The van der Waals surface area contributed by atoms with Crippen LogP contribution in [-0.2, 0) is 11.3 Å². The summed E-state index contributed by atoms with van der Waals surface area (Å²) in [5, 5.41) is 7.32. The SMILES string of the molecule is O=C(Nc1ccc(-c2nc3ccccc3o2)cc1)C1CCN(CCCn2cccn2)CC1. The summed E-state index contributed by atoms with van der Waals surface area (Å²) >= 11 is 0. The van der Waals surface area contributed by atoms with Gasteiger partial charge >= 0.3 is 0 Å². The molecule has 5 rings (SSSR count). The van der Waals surface area contributed by atoms with E-state index in [4.69, 9.17) is 4.42 Å². The zero-order chi connectivity index (χ0) is 21.8. The highest BCUT2D eigenvalue weighted by Crippen LogP contribution is 2.26. The number of fused-ring (bicyclic) bond motifs is 1. The number of nitrogens with one attached hydrogen (secondary N) is 1. The molecule has 1 fully saturated rings. The smallest absolute Gasteiger partial charge is 0.227 e. The van der Waals surface area contributed by atoms with Crippen LogP contribution in [0.3, 0.4) is 0 Å². The lowest BCUT2D eigenvalue weighted by atomic mass is 9.95. The molecule has 0 bridgehead atoms. The number of hydrogen-bond acceptors (Lipinski definition) is 5. The fourth-order valence-electron chi connectivity index (χ4n) is 4.24. The number of para-hydroxylation sites is 2. The van der Waals surface area contributed by atoms with E-state index in [1.807, 2.05) is 71.7 Å². The molecule has 164 valence electrons. The number of aromatic nitrogens is 3. The third kappa shape index (κ3) is 4.73. The molecule has 0 unspecified atom stereocenters. The Bertz CT molecular complexity index is 1130. The second-order valence-electron chi connectivity index (χ2n) is 8.29. The molecule has 4 aromatic rings. The van der Waals surface area contributed by atoms with Crippen LogP contribution in [0, 0.1) is 5.92 Å². The number of nitrogens with zero attached hydrogens (tertiary/aromatic N) is 4. The second-order valence-corrected chi connectivity index (χ2v) is 8.29. The van der Waals surface area contributed by atoms with Gasteiger partial charge in [-0.05, 0) is 81.4 Å². The van der Waals surface area contributed by atoms with Gasteiger partial charge in [-0.15, -0.1) is 0 Å². The Morgan fingerprint density at radius 3 is 2.59 bits per heavy atom. The minimum Gasteiger partial charge on any atom is -0.436 e. The number of piperidine rings is 1. The third-order valence-corrected chi connectivity index (χ3v) is 6.07. The van der Waals surface area contributed by atoms with Crippen LogP contribution < -0.4 is 5.32 Å². The van der Waals surface area contributed by atoms with Crippen LogP contribution in [-0.4, -0.2) is 45.2 Å². The van der Waals surface area contributed by atoms with Crippen LogP contribution in [0.4, 0.5) is 5.69 Å². The van der Waals surface area contributed by atoms with Crippen molar-refractivity contribution in [1.82, 2.24) is 19.7 Å². The summed E-state index contributed by atoms with van der Waals surface area (Å²) in [4.78, 5) is 19.7. The van der Waals surface area contributed by atoms with Crippen molar-refractivity contribution in [3.63, 3.8) is 0 Å². The van der Waals surface area contributed by atoms with Crippen LogP contribution in [0.15, 0.2) is 71.4 Å². The Balaban J connectivity index is 1.10. The predicted octanol–water partition coefficient (Wildman–Crippen LogP) is 4.43. The van der Waals surface area contributed by atoms with Crippen LogP contribution >= 0.6 is 0 Å². The number of benzene rings is 2. The maximum Gasteiger partial charge on any atom is 0.227 e. The van der Waals surface area contributed by atoms with E-state index in [1.165, 1.54) is 0 Å². The first-order chi connectivity index (χ1) is 15.7. The lowest BCUT2D eigenvalue weighted by Gasteiger charge is -2.31. The Hall–Kier alpha value is -3.45. The predicted molar refractivity (Wildman–Crippen MR) is 124 cm³/mol. The lowest BCUT2D eigenvalue weighted by Crippen LogP contribution is -2.38. The monoisotopic (exact) mass is 429 g/mol. The van der Waals surface area contributed by atoms with E-state index < -0.39 is 0 Å². The summed E-state index contributed by atoms with van der Waals surface area (Å²) < 4.78 is 7.79. The summed E-state index contributed by atoms with van der Waals surface area (Å²) in [6.07, 6.45) is 6.68. The van der Waals surface area contributed by atoms with Crippen molar-refractivity contribution in [2.75, 3.05) is 25.0 Å². The molecule has 0 spiro atoms. The van der Waals surface area contributed by atoms with Gasteiger partial charge in [0.25, 0.3) is 0 Å². The van der Waals surface area contributed by atoms with E-state index in [1.54, 1.807) is 0 Å². The Kier molecular flexibility index (Phi) is 5.98. The van der Waals surface area contributed by atoms with E-state index >= 15 is 0 Å². The van der Waals surface area contributed by atoms with Crippen molar-refractivity contribution in [3.8, 4) is 11.5 Å². The van der Waals surface area contributed by atoms with Crippen molar-refractivity contribution in [2.24, 2.45) is 5.92 Å². The number of oxazole rings is 1. The average Bonchev–Trinajstić information content (AvgIpc) is 3.50. The molecule has 0 saturated carbocycles. The first-order valence-corrected chi connectivity index (χ1v) is 11.2. The Labute approximate surface area is 187 Å². The van der Waals surface area contributed by atoms with E-state index in [9.17, 15) is 4.79 Å². The van der Waals surface area contributed by atoms with Gasteiger partial charge < -0.3 is 14.6 Å². The third-order valence-electron chi connectivity index (χ3n) is 6.07. The van der Waals surface area contributed by atoms with Crippen molar-refractivity contribution in [1.29, 1.82) is 0 Å². The van der Waals surface area contributed by atoms with E-state index in [-0.39, 0.29) is 11.8 Å². The molecule has 3 heterocycles. The zero-order valence-electron chi connectivity index (χ0n) is 18.0. The molecule has 1 aliphatic heterocycles. The number of carbonyl (C=O) groups excluding carboxylic acids is 1. The van der Waals surface area contributed by atoms with Gasteiger partial charge in [-0.1, -0.05) is 12.1 Å². The van der Waals surface area contributed by atoms with Crippen LogP contribution in [0.25, 0.3) is 22.6 Å². The number of amides is 1. The maximum absolute atomic E-state index is 12.7. The number of carbonyl (C=O) groups is 1. The quantitative estimate of drug-likeness (QED) is 0.470. The van der Waals surface area contributed by atoms with Gasteiger partial charge in [0.1, 0.15) is 5.52 Å². The van der Waals surface area contributed by atoms with Crippen molar-refractivity contribution >= 4 is 22.7 Å². The molecule has 1 N–H and O–H groups in total. The fraction of sp³-hybridized carbons (Fsp3) is 0.320. The van der Waals surface area contributed by atoms with Gasteiger partial charge in [-0.3, -0.25) is 9.48 Å². The molecule has 1 aliphatic rings. The molecule has 1 saturated heterocycles. The van der Waals surface area contributed by atoms with Crippen molar-refractivity contribution in [3.05, 3.63) is 67.0 Å². The highest BCUT2D eigenvalue weighted by atomic mass is 16.3. The highest BCUT2D eigenvalue weighted by molar-refractivity contribution is 5.92. The van der Waals surface area contributed by atoms with Crippen LogP contribution in [0.1, 0.15) is 19.3 Å². The normalized spacial score (nSPS) is 15.2. The first-order valence-electron chi connectivity index (χ1n) is 11.2. The van der Waals surface area contributed by atoms with Gasteiger partial charge in [-0.25, -0.2) is 4.98 Å². The minimum absolute atomic E-state index is 0.0640. The molecule has 0 atom stereocenters. The molecule has 0 radical (unpaired) electrons. The second kappa shape index (κ2) is 9.36. The number of hydrogen-bond donors (Lipinski definition) is 1. The van der Waals surface area contributed by atoms with Gasteiger partial charge in [0.15, 0.2) is 5.58 Å². The standard InChI is InChI=1S/C25H27N5O2/c31-24(19-11-17-29(18-12-19)14-4-16-30-15-3-13-26-30)27-21-9-7-20(8-10-21)25-28-22-5-1-2-6-23(22)32-25/h1-3,5-10,13,15,19H,4,11-12,14,16-18H2,(H,27,31). The zero-order valence-corrected chi connectivity index (χ0v) is 18.0. The molecule has 2 aromatic carbocycles. The minimum atomic E-state index is 0.0640. The Morgan fingerprint density at radius 1 is 1.03 bits per heavy atom. The summed E-state index contributed by atoms with van der Waals surface area (Å²) in [6.45, 7) is 3.92. The van der Waals surface area contributed by atoms with Gasteiger partial charge in [-0.2, -0.15) is 5.10 Å². The number of anilines is 1. The summed E-state index contributed by atoms with van der Waals surface area (Å²) in [5.74, 6) is 0.758. The lowest BCUT2D eigenvalue weighted by molar-refractivity contribution is -0.121. The summed E-state index contributed by atoms with van der Waals surface area (Å²) in [6, 6.07) is 17.4. The largest absolute Gasteiger partial charge is 0.436 e. The van der Waals surface area contributed by atoms with E-state index in [0.717, 1.165) is 67.8 Å². The van der Waals surface area contributed by atoms with Gasteiger partial charge in [0.2, 0.25) is 11.8 Å². The average molecular weight is 430 g/mol. The molecular weight excluding hydrogens is 402 g/mol. The molecular formula is C25H27N5O2. The van der Waals surface area contributed by atoms with Gasteiger partial charge in [0, 0.05) is 36.1 Å². The summed E-state index contributed by atoms with van der Waals surface area (Å²) in [5.41, 5.74) is 3.30. The Morgan fingerprint density at radius 2 is 1.84 bits per heavy atom. The first kappa shape index (κ1) is 20.5. The molecule has 1 amide bonds. The van der Waals surface area contributed by atoms with E-state index in [2.05, 4.69) is 20.3 Å². The fourth-order valence-corrected chi connectivity index (χ4v) is 4.24. The number of aryl methyl sites for hydroxylation is 1. The molecule has 0 aliphatic carbocycles. The molecule has 7 heteroatoms. The van der Waals surface area contributed by atoms with E-state index in [0.29, 0.717) is 5.89 Å².